The zero-order chi connectivity index (χ0) is 38.0. The lowest BCUT2D eigenvalue weighted by atomic mass is 9.56. The van der Waals surface area contributed by atoms with Crippen LogP contribution in [0.1, 0.15) is 93.7 Å². The summed E-state index contributed by atoms with van der Waals surface area (Å²) in [4.78, 5) is 2.85. The van der Waals surface area contributed by atoms with Gasteiger partial charge in [0.15, 0.2) is 7.28 Å². The Balaban J connectivity index is 1.24. The van der Waals surface area contributed by atoms with E-state index in [4.69, 9.17) is 0 Å². The first-order chi connectivity index (χ1) is 27.1. The minimum Gasteiger partial charge on any atom is -0.354 e. The number of rotatable bonds is 3. The van der Waals surface area contributed by atoms with Gasteiger partial charge in [0.2, 0.25) is 0 Å². The average Bonchev–Trinajstić information content (AvgIpc) is 3.43. The summed E-state index contributed by atoms with van der Waals surface area (Å²) >= 11 is 0. The molecule has 1 saturated carbocycles. The van der Waals surface area contributed by atoms with Crippen molar-refractivity contribution in [1.82, 2.24) is 0 Å². The molecule has 1 radical (unpaired) electrons. The smallest absolute Gasteiger partial charge is 0.197 e. The number of nitrogens with zero attached hydrogens (tertiary/aromatic N) is 1. The molecular formula is C53H48BN2. The van der Waals surface area contributed by atoms with Crippen LogP contribution >= 0.6 is 0 Å². The van der Waals surface area contributed by atoms with Crippen LogP contribution in [0, 0.1) is 0 Å². The highest BCUT2D eigenvalue weighted by Gasteiger charge is 2.60. The summed E-state index contributed by atoms with van der Waals surface area (Å²) in [5.74, 6) is 0. The first-order valence-corrected chi connectivity index (χ1v) is 20.7. The number of benzene rings is 7. The van der Waals surface area contributed by atoms with E-state index in [9.17, 15) is 0 Å². The van der Waals surface area contributed by atoms with Crippen molar-refractivity contribution in [2.75, 3.05) is 10.2 Å². The van der Waals surface area contributed by atoms with Gasteiger partial charge < -0.3 is 10.2 Å². The van der Waals surface area contributed by atoms with Crippen LogP contribution in [-0.4, -0.2) is 12.8 Å². The third-order valence-corrected chi connectivity index (χ3v) is 14.4. The fraction of sp³-hybridized carbons (Fsp3) is 0.245. The SMILES string of the molecule is CC(C)(C)c1cc2c3c(c1)C1(C)CCCCC1(C)N3c1c(c(-c3cccc4c3Nc3ccccc3C4(c3ccccc3)c3ccccc3)cc3ccccc13)[B]2. The molecule has 1 aliphatic carbocycles. The summed E-state index contributed by atoms with van der Waals surface area (Å²) in [6, 6.07) is 55.0. The summed E-state index contributed by atoms with van der Waals surface area (Å²) in [6.45, 7) is 12.3. The Morgan fingerprint density at radius 2 is 1.27 bits per heavy atom. The number of anilines is 4. The van der Waals surface area contributed by atoms with Crippen LogP contribution in [0.4, 0.5) is 22.7 Å². The van der Waals surface area contributed by atoms with Crippen LogP contribution < -0.4 is 21.1 Å². The van der Waals surface area contributed by atoms with E-state index in [1.807, 2.05) is 0 Å². The molecule has 0 aromatic heterocycles. The molecule has 0 amide bonds. The van der Waals surface area contributed by atoms with Gasteiger partial charge >= 0.3 is 0 Å². The number of hydrogen-bond donors (Lipinski definition) is 1. The van der Waals surface area contributed by atoms with Crippen molar-refractivity contribution >= 4 is 51.7 Å². The number of fused-ring (bicyclic) bond motifs is 9. The summed E-state index contributed by atoms with van der Waals surface area (Å²) in [7, 11) is 2.56. The third-order valence-electron chi connectivity index (χ3n) is 14.4. The van der Waals surface area contributed by atoms with Gasteiger partial charge in [0, 0.05) is 33.4 Å². The maximum atomic E-state index is 4.07. The number of hydrogen-bond acceptors (Lipinski definition) is 2. The average molecular weight is 724 g/mol. The Hall–Kier alpha value is -5.54. The van der Waals surface area contributed by atoms with Crippen molar-refractivity contribution in [2.24, 2.45) is 0 Å². The normalized spacial score (nSPS) is 21.2. The van der Waals surface area contributed by atoms with Crippen molar-refractivity contribution in [1.29, 1.82) is 0 Å². The molecule has 0 saturated heterocycles. The van der Waals surface area contributed by atoms with E-state index in [1.54, 1.807) is 5.56 Å². The molecule has 3 heteroatoms. The van der Waals surface area contributed by atoms with Crippen LogP contribution in [-0.2, 0) is 16.2 Å². The van der Waals surface area contributed by atoms with E-state index in [0.717, 1.165) is 5.69 Å². The summed E-state index contributed by atoms with van der Waals surface area (Å²) in [6.07, 6.45) is 4.92. The molecule has 56 heavy (non-hydrogen) atoms. The zero-order valence-electron chi connectivity index (χ0n) is 33.2. The molecule has 273 valence electrons. The molecule has 7 aromatic rings. The van der Waals surface area contributed by atoms with Gasteiger partial charge in [-0.25, -0.2) is 0 Å². The molecule has 2 nitrogen and oxygen atoms in total. The molecule has 2 atom stereocenters. The number of nitrogens with one attached hydrogen (secondary N) is 1. The van der Waals surface area contributed by atoms with Crippen molar-refractivity contribution in [3.8, 4) is 11.1 Å². The standard InChI is InChI=1S/C53H48BN2/c1-50(2,3)37-32-43-49-44(33-37)54-46-40(31-34-19-12-13-24-38(34)48(46)56(49)52(5)30-17-16-29-51(43,52)4)39-25-18-27-42-47(39)55-45-28-15-14-26-41(45)53(42,35-20-8-6-9-21-35)36-22-10-7-11-23-36/h6-15,18-28,31-33,55H,16-17,29-30H2,1-5H3. The molecule has 0 bridgehead atoms. The van der Waals surface area contributed by atoms with E-state index < -0.39 is 5.41 Å². The topological polar surface area (TPSA) is 15.3 Å². The molecule has 1 N–H and O–H groups in total. The molecule has 7 aromatic carbocycles. The van der Waals surface area contributed by atoms with Crippen LogP contribution in [0.5, 0.6) is 0 Å². The lowest BCUT2D eigenvalue weighted by molar-refractivity contribution is 0.195. The lowest BCUT2D eigenvalue weighted by Gasteiger charge is -2.51. The van der Waals surface area contributed by atoms with E-state index in [0.29, 0.717) is 0 Å². The highest BCUT2D eigenvalue weighted by atomic mass is 15.3. The predicted molar refractivity (Wildman–Crippen MR) is 238 cm³/mol. The monoisotopic (exact) mass is 723 g/mol. The Bertz CT molecular complexity index is 2690. The van der Waals surface area contributed by atoms with E-state index in [1.165, 1.54) is 103 Å². The molecule has 11 rings (SSSR count). The van der Waals surface area contributed by atoms with Gasteiger partial charge in [-0.05, 0) is 87.1 Å². The molecule has 2 unspecified atom stereocenters. The maximum absolute atomic E-state index is 4.07. The fourth-order valence-electron chi connectivity index (χ4n) is 11.4. The third kappa shape index (κ3) is 4.35. The van der Waals surface area contributed by atoms with Gasteiger partial charge in [0.1, 0.15) is 0 Å². The second-order valence-corrected chi connectivity index (χ2v) is 18.3. The van der Waals surface area contributed by atoms with Gasteiger partial charge in [0.05, 0.1) is 16.6 Å². The Labute approximate surface area is 332 Å². The molecule has 3 heterocycles. The molecular weight excluding hydrogens is 675 g/mol. The second-order valence-electron chi connectivity index (χ2n) is 18.3. The lowest BCUT2D eigenvalue weighted by Crippen LogP contribution is -2.57. The van der Waals surface area contributed by atoms with Gasteiger partial charge in [-0.3, -0.25) is 0 Å². The maximum Gasteiger partial charge on any atom is 0.197 e. The summed E-state index contributed by atoms with van der Waals surface area (Å²) < 4.78 is 0. The summed E-state index contributed by atoms with van der Waals surface area (Å²) in [5.41, 5.74) is 17.9. The van der Waals surface area contributed by atoms with Crippen molar-refractivity contribution < 1.29 is 0 Å². The van der Waals surface area contributed by atoms with Crippen molar-refractivity contribution in [2.45, 2.75) is 82.1 Å². The Morgan fingerprint density at radius 1 is 0.607 bits per heavy atom. The van der Waals surface area contributed by atoms with Crippen LogP contribution in [0.3, 0.4) is 0 Å². The molecule has 4 aliphatic rings. The predicted octanol–water partition coefficient (Wildman–Crippen LogP) is 12.0. The number of para-hydroxylation sites is 2. The van der Waals surface area contributed by atoms with Gasteiger partial charge in [-0.15, -0.1) is 0 Å². The van der Waals surface area contributed by atoms with Crippen LogP contribution in [0.2, 0.25) is 0 Å². The highest BCUT2D eigenvalue weighted by molar-refractivity contribution is 6.74. The minimum absolute atomic E-state index is 0.0364. The Morgan fingerprint density at radius 3 is 2.02 bits per heavy atom. The second kappa shape index (κ2) is 11.7. The van der Waals surface area contributed by atoms with Crippen LogP contribution in [0.15, 0.2) is 146 Å². The first kappa shape index (κ1) is 33.8. The van der Waals surface area contributed by atoms with Crippen LogP contribution in [0.25, 0.3) is 21.9 Å². The summed E-state index contributed by atoms with van der Waals surface area (Å²) in [5, 5.41) is 6.69. The van der Waals surface area contributed by atoms with Crippen molar-refractivity contribution in [3.05, 3.63) is 179 Å². The first-order valence-electron chi connectivity index (χ1n) is 20.7. The quantitative estimate of drug-likeness (QED) is 0.183. The fourth-order valence-corrected chi connectivity index (χ4v) is 11.4. The van der Waals surface area contributed by atoms with Gasteiger partial charge in [0.25, 0.3) is 0 Å². The molecule has 1 fully saturated rings. The zero-order valence-corrected chi connectivity index (χ0v) is 33.2. The van der Waals surface area contributed by atoms with Gasteiger partial charge in [-0.1, -0.05) is 179 Å². The molecule has 3 aliphatic heterocycles. The molecule has 0 spiro atoms. The van der Waals surface area contributed by atoms with E-state index in [2.05, 4.69) is 198 Å². The highest BCUT2D eigenvalue weighted by Crippen LogP contribution is 2.62. The largest absolute Gasteiger partial charge is 0.354 e. The van der Waals surface area contributed by atoms with Crippen molar-refractivity contribution in [3.63, 3.8) is 0 Å². The minimum atomic E-state index is -0.522. The van der Waals surface area contributed by atoms with E-state index in [-0.39, 0.29) is 16.4 Å². The van der Waals surface area contributed by atoms with Gasteiger partial charge in [-0.2, -0.15) is 0 Å². The van der Waals surface area contributed by atoms with E-state index >= 15 is 0 Å². The Kier molecular flexibility index (Phi) is 7.08.